The molecule has 0 radical (unpaired) electrons. The molecule has 2 aromatic carbocycles. The molecule has 3 N–H and O–H groups in total. The quantitative estimate of drug-likeness (QED) is 0.503. The Labute approximate surface area is 156 Å². The molecule has 1 heterocycles. The number of hydrogen-bond acceptors (Lipinski definition) is 2. The molecule has 4 nitrogen and oxygen atoms in total. The lowest BCUT2D eigenvalue weighted by atomic mass is 9.94. The van der Waals surface area contributed by atoms with Crippen molar-refractivity contribution < 1.29 is 9.18 Å². The Balaban J connectivity index is 2.02. The Morgan fingerprint density at radius 2 is 1.81 bits per heavy atom. The van der Waals surface area contributed by atoms with Crippen molar-refractivity contribution >= 4 is 34.8 Å². The van der Waals surface area contributed by atoms with Gasteiger partial charge in [0, 0.05) is 5.69 Å². The minimum absolute atomic E-state index is 0.218. The van der Waals surface area contributed by atoms with E-state index >= 15 is 0 Å². The van der Waals surface area contributed by atoms with Crippen molar-refractivity contribution in [2.75, 3.05) is 5.32 Å². The van der Waals surface area contributed by atoms with Gasteiger partial charge in [0.25, 0.3) is 5.91 Å². The van der Waals surface area contributed by atoms with Gasteiger partial charge in [-0.15, -0.1) is 0 Å². The van der Waals surface area contributed by atoms with Crippen molar-refractivity contribution in [1.29, 1.82) is 0 Å². The summed E-state index contributed by atoms with van der Waals surface area (Å²) < 4.78 is 14.3. The van der Waals surface area contributed by atoms with E-state index in [1.165, 1.54) is 17.7 Å². The topological polar surface area (TPSA) is 60.7 Å². The largest absolute Gasteiger partial charge is 0.331 e. The van der Waals surface area contributed by atoms with E-state index in [9.17, 15) is 9.18 Å². The first kappa shape index (κ1) is 18.3. The second-order valence-corrected chi connectivity index (χ2v) is 7.47. The van der Waals surface area contributed by atoms with E-state index < -0.39 is 5.82 Å². The van der Waals surface area contributed by atoms with Crippen LogP contribution in [0.1, 0.15) is 61.0 Å². The van der Waals surface area contributed by atoms with Gasteiger partial charge in [-0.3, -0.25) is 4.79 Å². The van der Waals surface area contributed by atoms with Gasteiger partial charge in [-0.2, -0.15) is 0 Å². The van der Waals surface area contributed by atoms with Crippen LogP contribution in [0.15, 0.2) is 30.3 Å². The molecule has 136 valence electrons. The smallest absolute Gasteiger partial charge is 0.257 e. The van der Waals surface area contributed by atoms with Gasteiger partial charge in [0.15, 0.2) is 4.77 Å². The average Bonchev–Trinajstić information content (AvgIpc) is 2.93. The van der Waals surface area contributed by atoms with Gasteiger partial charge in [0.1, 0.15) is 5.82 Å². The minimum Gasteiger partial charge on any atom is -0.331 e. The van der Waals surface area contributed by atoms with Crippen molar-refractivity contribution in [1.82, 2.24) is 9.97 Å². The number of aromatic amines is 2. The second kappa shape index (κ2) is 7.03. The highest BCUT2D eigenvalue weighted by atomic mass is 32.1. The highest BCUT2D eigenvalue weighted by molar-refractivity contribution is 7.71. The summed E-state index contributed by atoms with van der Waals surface area (Å²) in [6.07, 6.45) is 0. The van der Waals surface area contributed by atoms with Gasteiger partial charge < -0.3 is 15.3 Å². The SMILES string of the molecule is CC(C)c1ccc(NC(=O)c2cc(F)cc3[nH]c(=S)[nH]c23)c(C(C)C)c1. The van der Waals surface area contributed by atoms with Gasteiger partial charge in [0.05, 0.1) is 16.6 Å². The fourth-order valence-corrected chi connectivity index (χ4v) is 3.22. The summed E-state index contributed by atoms with van der Waals surface area (Å²) in [6.45, 7) is 8.43. The molecule has 0 saturated carbocycles. The number of hydrogen-bond donors (Lipinski definition) is 3. The maximum atomic E-state index is 13.9. The van der Waals surface area contributed by atoms with E-state index in [1.807, 2.05) is 12.1 Å². The summed E-state index contributed by atoms with van der Waals surface area (Å²) in [5.74, 6) is -0.222. The second-order valence-electron chi connectivity index (χ2n) is 7.07. The van der Waals surface area contributed by atoms with Crippen molar-refractivity contribution in [3.05, 3.63) is 57.6 Å². The molecule has 0 aliphatic rings. The van der Waals surface area contributed by atoms with Crippen molar-refractivity contribution in [2.45, 2.75) is 39.5 Å². The number of carbonyl (C=O) groups excluding carboxylic acids is 1. The molecule has 6 heteroatoms. The van der Waals surface area contributed by atoms with Crippen LogP contribution in [0.25, 0.3) is 11.0 Å². The summed E-state index contributed by atoms with van der Waals surface area (Å²) >= 11 is 5.06. The zero-order valence-corrected chi connectivity index (χ0v) is 16.1. The van der Waals surface area contributed by atoms with Crippen LogP contribution in [0, 0.1) is 10.6 Å². The molecule has 1 amide bonds. The molecule has 0 atom stereocenters. The monoisotopic (exact) mass is 371 g/mol. The third kappa shape index (κ3) is 3.55. The molecule has 3 rings (SSSR count). The lowest BCUT2D eigenvalue weighted by Crippen LogP contribution is -2.15. The van der Waals surface area contributed by atoms with Gasteiger partial charge >= 0.3 is 0 Å². The van der Waals surface area contributed by atoms with Gasteiger partial charge in [-0.1, -0.05) is 39.8 Å². The number of fused-ring (bicyclic) bond motifs is 1. The number of nitrogens with one attached hydrogen (secondary N) is 3. The van der Waals surface area contributed by atoms with Crippen LogP contribution in [0.5, 0.6) is 0 Å². The van der Waals surface area contributed by atoms with E-state index in [4.69, 9.17) is 12.2 Å². The van der Waals surface area contributed by atoms with Crippen LogP contribution < -0.4 is 5.32 Å². The fourth-order valence-electron chi connectivity index (χ4n) is 3.01. The minimum atomic E-state index is -0.493. The van der Waals surface area contributed by atoms with Crippen LogP contribution in [-0.2, 0) is 0 Å². The zero-order chi connectivity index (χ0) is 19.0. The third-order valence-corrected chi connectivity index (χ3v) is 4.65. The number of amides is 1. The van der Waals surface area contributed by atoms with Crippen molar-refractivity contribution in [2.24, 2.45) is 0 Å². The van der Waals surface area contributed by atoms with Crippen LogP contribution >= 0.6 is 12.2 Å². The lowest BCUT2D eigenvalue weighted by Gasteiger charge is -2.17. The Kier molecular flexibility index (Phi) is 4.96. The molecule has 0 aliphatic heterocycles. The molecule has 0 aliphatic carbocycles. The number of benzene rings is 2. The Hall–Kier alpha value is -2.47. The molecule has 3 aromatic rings. The number of rotatable bonds is 4. The summed E-state index contributed by atoms with van der Waals surface area (Å²) in [6, 6.07) is 8.58. The maximum absolute atomic E-state index is 13.9. The molecule has 0 spiro atoms. The first-order valence-electron chi connectivity index (χ1n) is 8.63. The number of carbonyl (C=O) groups is 1. The van der Waals surface area contributed by atoms with E-state index in [0.29, 0.717) is 21.7 Å². The number of aromatic nitrogens is 2. The Morgan fingerprint density at radius 1 is 1.08 bits per heavy atom. The van der Waals surface area contributed by atoms with Crippen LogP contribution in [0.3, 0.4) is 0 Å². The zero-order valence-electron chi connectivity index (χ0n) is 15.2. The van der Waals surface area contributed by atoms with Crippen LogP contribution in [0.2, 0.25) is 0 Å². The number of imidazole rings is 1. The molecular weight excluding hydrogens is 349 g/mol. The van der Waals surface area contributed by atoms with Gasteiger partial charge in [-0.05, 0) is 53.4 Å². The van der Waals surface area contributed by atoms with E-state index in [2.05, 4.69) is 49.0 Å². The predicted octanol–water partition coefficient (Wildman–Crippen LogP) is 5.86. The van der Waals surface area contributed by atoms with Crippen molar-refractivity contribution in [3.63, 3.8) is 0 Å². The first-order chi connectivity index (χ1) is 12.3. The molecule has 0 unspecified atom stereocenters. The van der Waals surface area contributed by atoms with E-state index in [1.54, 1.807) is 0 Å². The lowest BCUT2D eigenvalue weighted by molar-refractivity contribution is 0.102. The standard InChI is InChI=1S/C20H22FN3OS/c1-10(2)12-5-6-16(14(7-12)11(3)4)22-19(25)15-8-13(21)9-17-18(15)24-20(26)23-17/h5-11H,1-4H3,(H,22,25)(H2,23,24,26). The maximum Gasteiger partial charge on any atom is 0.257 e. The average molecular weight is 371 g/mol. The van der Waals surface area contributed by atoms with Gasteiger partial charge in [0.2, 0.25) is 0 Å². The van der Waals surface area contributed by atoms with Crippen molar-refractivity contribution in [3.8, 4) is 0 Å². The van der Waals surface area contributed by atoms with Gasteiger partial charge in [-0.25, -0.2) is 4.39 Å². The van der Waals surface area contributed by atoms with E-state index in [-0.39, 0.29) is 17.4 Å². The number of anilines is 1. The summed E-state index contributed by atoms with van der Waals surface area (Å²) in [5, 5.41) is 2.93. The summed E-state index contributed by atoms with van der Waals surface area (Å²) in [5.41, 5.74) is 4.20. The third-order valence-electron chi connectivity index (χ3n) is 4.45. The highest BCUT2D eigenvalue weighted by Crippen LogP contribution is 2.29. The highest BCUT2D eigenvalue weighted by Gasteiger charge is 2.17. The molecular formula is C20H22FN3OS. The number of halogens is 1. The molecule has 1 aromatic heterocycles. The Morgan fingerprint density at radius 3 is 2.46 bits per heavy atom. The Bertz CT molecular complexity index is 1030. The van der Waals surface area contributed by atoms with Crippen LogP contribution in [-0.4, -0.2) is 15.9 Å². The molecule has 0 bridgehead atoms. The van der Waals surface area contributed by atoms with Crippen LogP contribution in [0.4, 0.5) is 10.1 Å². The fraction of sp³-hybridized carbons (Fsp3) is 0.300. The normalized spacial score (nSPS) is 11.5. The molecule has 0 saturated heterocycles. The summed E-state index contributed by atoms with van der Waals surface area (Å²) in [7, 11) is 0. The first-order valence-corrected chi connectivity index (χ1v) is 9.03. The number of H-pyrrole nitrogens is 2. The summed E-state index contributed by atoms with van der Waals surface area (Å²) in [4.78, 5) is 18.6. The molecule has 26 heavy (non-hydrogen) atoms. The molecule has 0 fully saturated rings. The van der Waals surface area contributed by atoms with E-state index in [0.717, 1.165) is 11.3 Å². The predicted molar refractivity (Wildman–Crippen MR) is 106 cm³/mol.